The molecule has 0 fully saturated rings. The average molecular weight is 218 g/mol. The van der Waals surface area contributed by atoms with E-state index in [0.717, 1.165) is 25.9 Å². The molecule has 2 rings (SSSR count). The number of amides is 1. The summed E-state index contributed by atoms with van der Waals surface area (Å²) in [5.41, 5.74) is 8.36. The van der Waals surface area contributed by atoms with Gasteiger partial charge in [-0.1, -0.05) is 24.3 Å². The molecule has 0 bridgehead atoms. The summed E-state index contributed by atoms with van der Waals surface area (Å²) in [4.78, 5) is 13.7. The van der Waals surface area contributed by atoms with Crippen LogP contribution in [-0.4, -0.2) is 29.9 Å². The van der Waals surface area contributed by atoms with E-state index in [-0.39, 0.29) is 11.9 Å². The van der Waals surface area contributed by atoms with Crippen LogP contribution in [0, 0.1) is 0 Å². The number of nitrogens with zero attached hydrogens (tertiary/aromatic N) is 1. The Hall–Kier alpha value is -1.35. The van der Waals surface area contributed by atoms with Crippen molar-refractivity contribution >= 4 is 5.91 Å². The maximum absolute atomic E-state index is 11.8. The van der Waals surface area contributed by atoms with Gasteiger partial charge in [0.15, 0.2) is 0 Å². The number of fused-ring (bicyclic) bond motifs is 1. The molecule has 1 amide bonds. The fraction of sp³-hybridized carbons (Fsp3) is 0.462. The number of hydrogen-bond donors (Lipinski definition) is 1. The molecule has 86 valence electrons. The lowest BCUT2D eigenvalue weighted by atomic mass is 10.0. The fourth-order valence-electron chi connectivity index (χ4n) is 2.18. The highest BCUT2D eigenvalue weighted by Crippen LogP contribution is 2.15. The van der Waals surface area contributed by atoms with E-state index >= 15 is 0 Å². The van der Waals surface area contributed by atoms with Crippen LogP contribution in [0.3, 0.4) is 0 Å². The molecular formula is C13H18N2O. The SMILES string of the molecule is C[C@@H](N)C(=O)N1CCc2ccccc2CC1. The van der Waals surface area contributed by atoms with Crippen molar-refractivity contribution in [3.63, 3.8) is 0 Å². The van der Waals surface area contributed by atoms with Crippen LogP contribution in [0.25, 0.3) is 0 Å². The first-order valence-corrected chi connectivity index (χ1v) is 5.79. The fourth-order valence-corrected chi connectivity index (χ4v) is 2.18. The van der Waals surface area contributed by atoms with Crippen LogP contribution in [0.1, 0.15) is 18.1 Å². The van der Waals surface area contributed by atoms with Crippen LogP contribution >= 0.6 is 0 Å². The zero-order valence-corrected chi connectivity index (χ0v) is 9.65. The Morgan fingerprint density at radius 3 is 2.19 bits per heavy atom. The standard InChI is InChI=1S/C13H18N2O/c1-10(14)13(16)15-8-6-11-4-2-3-5-12(11)7-9-15/h2-5,10H,6-9,14H2,1H3/t10-/m1/s1. The van der Waals surface area contributed by atoms with Crippen LogP contribution in [-0.2, 0) is 17.6 Å². The van der Waals surface area contributed by atoms with Crippen LogP contribution in [0.15, 0.2) is 24.3 Å². The summed E-state index contributed by atoms with van der Waals surface area (Å²) in [6.07, 6.45) is 1.88. The second-order valence-electron chi connectivity index (χ2n) is 4.38. The quantitative estimate of drug-likeness (QED) is 0.763. The van der Waals surface area contributed by atoms with Gasteiger partial charge in [-0.05, 0) is 30.9 Å². The Kier molecular flexibility index (Phi) is 3.25. The van der Waals surface area contributed by atoms with Crippen LogP contribution in [0.2, 0.25) is 0 Å². The molecule has 1 heterocycles. The number of carbonyl (C=O) groups excluding carboxylic acids is 1. The maximum Gasteiger partial charge on any atom is 0.239 e. The molecule has 0 saturated heterocycles. The Labute approximate surface area is 96.2 Å². The molecule has 16 heavy (non-hydrogen) atoms. The third kappa shape index (κ3) is 2.25. The minimum atomic E-state index is -0.388. The highest BCUT2D eigenvalue weighted by atomic mass is 16.2. The lowest BCUT2D eigenvalue weighted by molar-refractivity contribution is -0.132. The van der Waals surface area contributed by atoms with Crippen LogP contribution < -0.4 is 5.73 Å². The highest BCUT2D eigenvalue weighted by Gasteiger charge is 2.20. The first kappa shape index (κ1) is 11.1. The van der Waals surface area contributed by atoms with Gasteiger partial charge in [0.1, 0.15) is 0 Å². The number of hydrogen-bond acceptors (Lipinski definition) is 2. The molecule has 0 aliphatic carbocycles. The summed E-state index contributed by atoms with van der Waals surface area (Å²) >= 11 is 0. The molecule has 0 aromatic heterocycles. The van der Waals surface area contributed by atoms with Gasteiger partial charge in [0.2, 0.25) is 5.91 Å². The second-order valence-corrected chi connectivity index (χ2v) is 4.38. The van der Waals surface area contributed by atoms with E-state index in [4.69, 9.17) is 5.73 Å². The highest BCUT2D eigenvalue weighted by molar-refractivity contribution is 5.81. The van der Waals surface area contributed by atoms with Gasteiger partial charge in [-0.2, -0.15) is 0 Å². The predicted molar refractivity (Wildman–Crippen MR) is 64.1 cm³/mol. The number of benzene rings is 1. The van der Waals surface area contributed by atoms with E-state index in [1.165, 1.54) is 11.1 Å². The lowest BCUT2D eigenvalue weighted by Gasteiger charge is -2.22. The van der Waals surface area contributed by atoms with Crippen molar-refractivity contribution in [3.05, 3.63) is 35.4 Å². The van der Waals surface area contributed by atoms with Gasteiger partial charge in [-0.15, -0.1) is 0 Å². The van der Waals surface area contributed by atoms with Gasteiger partial charge in [-0.3, -0.25) is 4.79 Å². The Bertz CT molecular complexity index is 360. The largest absolute Gasteiger partial charge is 0.341 e. The van der Waals surface area contributed by atoms with E-state index in [2.05, 4.69) is 24.3 Å². The van der Waals surface area contributed by atoms with Crippen LogP contribution in [0.4, 0.5) is 0 Å². The Morgan fingerprint density at radius 1 is 1.25 bits per heavy atom. The monoisotopic (exact) mass is 218 g/mol. The zero-order chi connectivity index (χ0) is 11.5. The van der Waals surface area contributed by atoms with Crippen molar-refractivity contribution in [2.24, 2.45) is 5.73 Å². The summed E-state index contributed by atoms with van der Waals surface area (Å²) in [6, 6.07) is 8.02. The first-order chi connectivity index (χ1) is 7.68. The molecule has 1 aromatic carbocycles. The van der Waals surface area contributed by atoms with Crippen molar-refractivity contribution < 1.29 is 4.79 Å². The molecule has 3 heteroatoms. The average Bonchev–Trinajstić information content (AvgIpc) is 2.50. The molecule has 2 N–H and O–H groups in total. The molecule has 0 saturated carbocycles. The van der Waals surface area contributed by atoms with Gasteiger partial charge >= 0.3 is 0 Å². The minimum absolute atomic E-state index is 0.0628. The summed E-state index contributed by atoms with van der Waals surface area (Å²) in [5, 5.41) is 0. The lowest BCUT2D eigenvalue weighted by Crippen LogP contribution is -2.43. The predicted octanol–water partition coefficient (Wildman–Crippen LogP) is 0.961. The van der Waals surface area contributed by atoms with E-state index in [1.54, 1.807) is 6.92 Å². The van der Waals surface area contributed by atoms with E-state index < -0.39 is 0 Å². The molecule has 0 unspecified atom stereocenters. The van der Waals surface area contributed by atoms with Crippen molar-refractivity contribution in [2.45, 2.75) is 25.8 Å². The number of nitrogens with two attached hydrogens (primary N) is 1. The zero-order valence-electron chi connectivity index (χ0n) is 9.65. The van der Waals surface area contributed by atoms with Gasteiger partial charge in [-0.25, -0.2) is 0 Å². The van der Waals surface area contributed by atoms with Gasteiger partial charge in [0, 0.05) is 13.1 Å². The van der Waals surface area contributed by atoms with Crippen molar-refractivity contribution in [1.82, 2.24) is 4.90 Å². The molecule has 1 aliphatic rings. The van der Waals surface area contributed by atoms with E-state index in [1.807, 2.05) is 4.90 Å². The molecule has 1 atom stereocenters. The van der Waals surface area contributed by atoms with Gasteiger partial charge in [0.05, 0.1) is 6.04 Å². The van der Waals surface area contributed by atoms with Crippen molar-refractivity contribution in [2.75, 3.05) is 13.1 Å². The van der Waals surface area contributed by atoms with Gasteiger partial charge < -0.3 is 10.6 Å². The molecule has 0 spiro atoms. The van der Waals surface area contributed by atoms with E-state index in [9.17, 15) is 4.79 Å². The smallest absolute Gasteiger partial charge is 0.239 e. The summed E-state index contributed by atoms with van der Waals surface area (Å²) < 4.78 is 0. The number of carbonyl (C=O) groups is 1. The third-order valence-corrected chi connectivity index (χ3v) is 3.12. The summed E-state index contributed by atoms with van der Waals surface area (Å²) in [6.45, 7) is 3.33. The molecule has 1 aliphatic heterocycles. The van der Waals surface area contributed by atoms with Gasteiger partial charge in [0.25, 0.3) is 0 Å². The maximum atomic E-state index is 11.8. The molecule has 3 nitrogen and oxygen atoms in total. The minimum Gasteiger partial charge on any atom is -0.341 e. The van der Waals surface area contributed by atoms with Crippen molar-refractivity contribution in [1.29, 1.82) is 0 Å². The first-order valence-electron chi connectivity index (χ1n) is 5.79. The number of rotatable bonds is 1. The molecule has 1 aromatic rings. The topological polar surface area (TPSA) is 46.3 Å². The van der Waals surface area contributed by atoms with Crippen LogP contribution in [0.5, 0.6) is 0 Å². The van der Waals surface area contributed by atoms with Crippen molar-refractivity contribution in [3.8, 4) is 0 Å². The Balaban J connectivity index is 2.10. The normalized spacial score (nSPS) is 17.5. The second kappa shape index (κ2) is 4.66. The molecule has 0 radical (unpaired) electrons. The Morgan fingerprint density at radius 2 is 1.75 bits per heavy atom. The summed E-state index contributed by atoms with van der Waals surface area (Å²) in [5.74, 6) is 0.0628. The van der Waals surface area contributed by atoms with E-state index in [0.29, 0.717) is 0 Å². The molecular weight excluding hydrogens is 200 g/mol. The third-order valence-electron chi connectivity index (χ3n) is 3.12. The summed E-state index contributed by atoms with van der Waals surface area (Å²) in [7, 11) is 0.